The predicted octanol–water partition coefficient (Wildman–Crippen LogP) is 8.07. The fraction of sp³-hybridized carbons (Fsp3) is 0.262. The molecule has 7 nitrogen and oxygen atoms in total. The summed E-state index contributed by atoms with van der Waals surface area (Å²) in [5.74, 6) is -12.6. The number of amides is 1. The minimum Gasteiger partial charge on any atom is -0.392 e. The van der Waals surface area contributed by atoms with Crippen LogP contribution in [-0.2, 0) is 22.6 Å². The Kier molecular flexibility index (Phi) is 12.2. The quantitative estimate of drug-likeness (QED) is 0.0680. The van der Waals surface area contributed by atoms with E-state index in [1.807, 2.05) is 98.9 Å². The van der Waals surface area contributed by atoms with E-state index in [9.17, 15) is 37.0 Å². The Hall–Kier alpha value is -4.98. The molecular weight excluding hydrogens is 707 g/mol. The molecule has 0 spiro atoms. The van der Waals surface area contributed by atoms with E-state index in [-0.39, 0.29) is 31.4 Å². The normalized spacial score (nSPS) is 18.4. The highest BCUT2D eigenvalue weighted by atomic mass is 19.2. The topological polar surface area (TPSA) is 91.3 Å². The number of hydrogen-bond donors (Lipinski definition) is 3. The minimum absolute atomic E-state index is 0.0745. The summed E-state index contributed by atoms with van der Waals surface area (Å²) in [6.07, 6.45) is -1.46. The zero-order valence-electron chi connectivity index (χ0n) is 29.5. The Balaban J connectivity index is 1.17. The number of aliphatic hydroxyl groups excluding tert-OH is 2. The van der Waals surface area contributed by atoms with Gasteiger partial charge in [-0.05, 0) is 53.4 Å². The number of halogens is 5. The molecule has 0 aromatic heterocycles. The molecule has 0 aliphatic carbocycles. The van der Waals surface area contributed by atoms with Crippen LogP contribution in [0.4, 0.5) is 22.0 Å². The Morgan fingerprint density at radius 3 is 2.06 bits per heavy atom. The number of aliphatic hydroxyl groups is 2. The summed E-state index contributed by atoms with van der Waals surface area (Å²) >= 11 is 0. The Morgan fingerprint density at radius 1 is 0.778 bits per heavy atom. The molecule has 0 saturated carbocycles. The van der Waals surface area contributed by atoms with Crippen LogP contribution in [0.3, 0.4) is 0 Å². The third-order valence-corrected chi connectivity index (χ3v) is 9.73. The molecule has 12 heteroatoms. The molecular formula is C42H39F5N2O5. The largest absolute Gasteiger partial charge is 0.392 e. The van der Waals surface area contributed by atoms with Crippen molar-refractivity contribution in [2.24, 2.45) is 0 Å². The number of nitrogens with one attached hydrogen (secondary N) is 1. The number of ether oxygens (including phenoxy) is 2. The second-order valence-electron chi connectivity index (χ2n) is 13.3. The van der Waals surface area contributed by atoms with Crippen molar-refractivity contribution in [2.75, 3.05) is 13.6 Å². The summed E-state index contributed by atoms with van der Waals surface area (Å²) in [4.78, 5) is 14.5. The van der Waals surface area contributed by atoms with Crippen molar-refractivity contribution in [1.29, 1.82) is 0 Å². The van der Waals surface area contributed by atoms with E-state index in [1.165, 1.54) is 0 Å². The molecule has 1 fully saturated rings. The van der Waals surface area contributed by atoms with Crippen molar-refractivity contribution in [2.45, 2.75) is 57.1 Å². The zero-order valence-corrected chi connectivity index (χ0v) is 29.5. The lowest BCUT2D eigenvalue weighted by Crippen LogP contribution is -2.43. The highest BCUT2D eigenvalue weighted by Crippen LogP contribution is 2.39. The average molecular weight is 747 g/mol. The fourth-order valence-electron chi connectivity index (χ4n) is 6.46. The molecule has 1 saturated heterocycles. The average Bonchev–Trinajstić information content (AvgIpc) is 3.21. The van der Waals surface area contributed by atoms with Crippen LogP contribution in [0.2, 0.25) is 0 Å². The van der Waals surface area contributed by atoms with Crippen LogP contribution >= 0.6 is 0 Å². The molecule has 0 unspecified atom stereocenters. The first-order valence-corrected chi connectivity index (χ1v) is 17.4. The maximum Gasteiger partial charge on any atom is 0.257 e. The number of hydrogen-bond acceptors (Lipinski definition) is 6. The van der Waals surface area contributed by atoms with Gasteiger partial charge in [0.05, 0.1) is 24.9 Å². The van der Waals surface area contributed by atoms with Gasteiger partial charge in [-0.1, -0.05) is 97.1 Å². The van der Waals surface area contributed by atoms with E-state index < -0.39 is 53.0 Å². The molecule has 3 N–H and O–H groups in total. The van der Waals surface area contributed by atoms with Crippen molar-refractivity contribution in [1.82, 2.24) is 10.2 Å². The van der Waals surface area contributed by atoms with Crippen LogP contribution < -0.4 is 5.32 Å². The molecule has 6 rings (SSSR count). The van der Waals surface area contributed by atoms with Crippen molar-refractivity contribution in [3.63, 3.8) is 0 Å². The van der Waals surface area contributed by atoms with E-state index in [1.54, 1.807) is 18.2 Å². The molecule has 0 radical (unpaired) electrons. The number of nitrogens with zero attached hydrogens (tertiary/aromatic N) is 1. The van der Waals surface area contributed by atoms with Crippen LogP contribution in [0.25, 0.3) is 11.1 Å². The first-order chi connectivity index (χ1) is 25.9. The second kappa shape index (κ2) is 17.0. The number of likely N-dealkylation sites (N-methyl/N-ethyl adjacent to an activating group) is 1. The number of carbonyl (C=O) groups excluding carboxylic acids is 1. The number of rotatable bonds is 12. The van der Waals surface area contributed by atoms with Gasteiger partial charge >= 0.3 is 0 Å². The standard InChI is InChI=1S/C42H39F5N2O5/c1-24(40(51)29-8-4-3-5-9-29)49(2)22-32-20-33(28-13-11-25(23-50)12-14-28)54-42(53-32)30-17-15-27(16-18-30)31-10-6-7-26(19-31)21-48-41(52)34-35(43)37(45)39(47)38(46)36(34)44/h3-19,24,32-33,40,42,50-51H,20-23H2,1-2H3,(H,48,52)/t24-,32-,33+,40-,42+/m1/s1. The molecule has 5 atom stereocenters. The first kappa shape index (κ1) is 38.7. The van der Waals surface area contributed by atoms with Gasteiger partial charge in [-0.2, -0.15) is 0 Å². The van der Waals surface area contributed by atoms with E-state index in [2.05, 4.69) is 10.2 Å². The summed E-state index contributed by atoms with van der Waals surface area (Å²) in [5.41, 5.74) is 3.79. The SMILES string of the molecule is C[C@H]([C@@H](O)c1ccccc1)N(C)C[C@H]1C[C@@H](c2ccc(CO)cc2)O[C@@H](c2ccc(-c3cccc(CNC(=O)c4c(F)c(F)c(F)c(F)c4F)c3)cc2)O1. The Bertz CT molecular complexity index is 2040. The fourth-order valence-corrected chi connectivity index (χ4v) is 6.46. The lowest BCUT2D eigenvalue weighted by atomic mass is 9.98. The van der Waals surface area contributed by atoms with Gasteiger partial charge in [0, 0.05) is 31.1 Å². The summed E-state index contributed by atoms with van der Waals surface area (Å²) < 4.78 is 82.0. The number of benzene rings is 5. The molecule has 0 bridgehead atoms. The van der Waals surface area contributed by atoms with Crippen molar-refractivity contribution >= 4 is 5.91 Å². The molecule has 1 aliphatic rings. The molecule has 54 heavy (non-hydrogen) atoms. The summed E-state index contributed by atoms with van der Waals surface area (Å²) in [6.45, 7) is 2.16. The van der Waals surface area contributed by atoms with Crippen LogP contribution in [0, 0.1) is 29.1 Å². The van der Waals surface area contributed by atoms with E-state index in [0.717, 1.165) is 33.4 Å². The minimum atomic E-state index is -2.34. The molecule has 1 amide bonds. The molecule has 5 aromatic carbocycles. The molecule has 1 heterocycles. The first-order valence-electron chi connectivity index (χ1n) is 17.4. The maximum atomic E-state index is 14.1. The van der Waals surface area contributed by atoms with Crippen molar-refractivity contribution in [3.8, 4) is 11.1 Å². The highest BCUT2D eigenvalue weighted by Gasteiger charge is 2.34. The van der Waals surface area contributed by atoms with Crippen LogP contribution in [-0.4, -0.2) is 46.8 Å². The number of carbonyl (C=O) groups is 1. The van der Waals surface area contributed by atoms with E-state index >= 15 is 0 Å². The molecule has 282 valence electrons. The van der Waals surface area contributed by atoms with Crippen molar-refractivity contribution < 1.29 is 46.4 Å². The lowest BCUT2D eigenvalue weighted by molar-refractivity contribution is -0.253. The van der Waals surface area contributed by atoms with Gasteiger partial charge in [0.1, 0.15) is 5.56 Å². The summed E-state index contributed by atoms with van der Waals surface area (Å²) in [6, 6.07) is 31.2. The summed E-state index contributed by atoms with van der Waals surface area (Å²) in [5, 5.41) is 22.9. The van der Waals surface area contributed by atoms with E-state index in [0.29, 0.717) is 18.5 Å². The van der Waals surface area contributed by atoms with Crippen LogP contribution in [0.1, 0.15) is 70.0 Å². The van der Waals surface area contributed by atoms with Gasteiger partial charge in [0.2, 0.25) is 5.82 Å². The second-order valence-corrected chi connectivity index (χ2v) is 13.3. The summed E-state index contributed by atoms with van der Waals surface area (Å²) in [7, 11) is 1.95. The van der Waals surface area contributed by atoms with Gasteiger partial charge in [-0.25, -0.2) is 22.0 Å². The Morgan fingerprint density at radius 2 is 1.41 bits per heavy atom. The molecule has 5 aromatic rings. The third kappa shape index (κ3) is 8.53. The van der Waals surface area contributed by atoms with Gasteiger partial charge < -0.3 is 25.0 Å². The highest BCUT2D eigenvalue weighted by molar-refractivity contribution is 5.94. The van der Waals surface area contributed by atoms with Gasteiger partial charge in [0.15, 0.2) is 29.6 Å². The van der Waals surface area contributed by atoms with Crippen LogP contribution in [0.5, 0.6) is 0 Å². The van der Waals surface area contributed by atoms with Gasteiger partial charge in [-0.3, -0.25) is 9.69 Å². The lowest BCUT2D eigenvalue weighted by Gasteiger charge is -2.39. The monoisotopic (exact) mass is 746 g/mol. The van der Waals surface area contributed by atoms with Crippen LogP contribution in [0.15, 0.2) is 103 Å². The smallest absolute Gasteiger partial charge is 0.257 e. The van der Waals surface area contributed by atoms with Crippen molar-refractivity contribution in [3.05, 3.63) is 166 Å². The maximum absolute atomic E-state index is 14.1. The van der Waals surface area contributed by atoms with E-state index in [4.69, 9.17) is 9.47 Å². The zero-order chi connectivity index (χ0) is 38.5. The molecule has 1 aliphatic heterocycles. The third-order valence-electron chi connectivity index (χ3n) is 9.73. The Labute approximate surface area is 309 Å². The van der Waals surface area contributed by atoms with Gasteiger partial charge in [0.25, 0.3) is 5.91 Å². The van der Waals surface area contributed by atoms with Gasteiger partial charge in [-0.15, -0.1) is 0 Å². The predicted molar refractivity (Wildman–Crippen MR) is 191 cm³/mol.